The fourth-order valence-corrected chi connectivity index (χ4v) is 3.06. The summed E-state index contributed by atoms with van der Waals surface area (Å²) in [6, 6.07) is 5.68. The van der Waals surface area contributed by atoms with E-state index in [0.717, 1.165) is 18.3 Å². The van der Waals surface area contributed by atoms with Gasteiger partial charge in [0.05, 0.1) is 0 Å². The Morgan fingerprint density at radius 1 is 1.35 bits per heavy atom. The molecule has 1 aromatic heterocycles. The maximum absolute atomic E-state index is 5.93. The van der Waals surface area contributed by atoms with Gasteiger partial charge < -0.3 is 5.73 Å². The number of hydrogen-bond donors (Lipinski definition) is 1. The Balaban J connectivity index is 1.87. The number of hydrogen-bond acceptors (Lipinski definition) is 3. The predicted octanol–water partition coefficient (Wildman–Crippen LogP) is 1.87. The first-order valence-electron chi connectivity index (χ1n) is 6.68. The summed E-state index contributed by atoms with van der Waals surface area (Å²) >= 11 is 0. The van der Waals surface area contributed by atoms with Gasteiger partial charge in [-0.25, -0.2) is 0 Å². The van der Waals surface area contributed by atoms with Crippen LogP contribution in [0.25, 0.3) is 0 Å². The summed E-state index contributed by atoms with van der Waals surface area (Å²) in [5.74, 6) is 0.611. The molecule has 2 aliphatic rings. The molecule has 0 radical (unpaired) electrons. The summed E-state index contributed by atoms with van der Waals surface area (Å²) in [5, 5.41) is 0. The molecule has 92 valence electrons. The van der Waals surface area contributed by atoms with Crippen molar-refractivity contribution in [3.8, 4) is 0 Å². The molecule has 2 heterocycles. The third kappa shape index (κ3) is 2.09. The molecule has 1 aliphatic heterocycles. The van der Waals surface area contributed by atoms with E-state index in [1.165, 1.54) is 31.4 Å². The maximum atomic E-state index is 5.93. The molecule has 0 aromatic carbocycles. The highest BCUT2D eigenvalue weighted by atomic mass is 15.2. The Morgan fingerprint density at radius 2 is 2.18 bits per heavy atom. The third-order valence-corrected chi connectivity index (χ3v) is 4.16. The molecule has 1 aromatic rings. The van der Waals surface area contributed by atoms with Crippen LogP contribution >= 0.6 is 0 Å². The number of likely N-dealkylation sites (tertiary alicyclic amines) is 1. The molecule has 17 heavy (non-hydrogen) atoms. The molecule has 0 bridgehead atoms. The molecule has 1 saturated heterocycles. The van der Waals surface area contributed by atoms with Crippen LogP contribution in [0.15, 0.2) is 18.3 Å². The number of nitrogens with two attached hydrogens (primary N) is 1. The van der Waals surface area contributed by atoms with Crippen molar-refractivity contribution in [3.05, 3.63) is 29.6 Å². The van der Waals surface area contributed by atoms with Crippen molar-refractivity contribution in [1.82, 2.24) is 9.88 Å². The lowest BCUT2D eigenvalue weighted by atomic mass is 9.94. The molecule has 1 saturated carbocycles. The number of rotatable bonds is 3. The number of pyridine rings is 1. The van der Waals surface area contributed by atoms with E-state index in [2.05, 4.69) is 22.0 Å². The van der Waals surface area contributed by atoms with Crippen molar-refractivity contribution in [1.29, 1.82) is 0 Å². The van der Waals surface area contributed by atoms with Crippen molar-refractivity contribution >= 4 is 0 Å². The van der Waals surface area contributed by atoms with E-state index in [4.69, 9.17) is 5.73 Å². The largest absolute Gasteiger partial charge is 0.330 e. The van der Waals surface area contributed by atoms with Gasteiger partial charge in [-0.2, -0.15) is 0 Å². The van der Waals surface area contributed by atoms with Crippen LogP contribution in [0.5, 0.6) is 0 Å². The molecule has 3 heteroatoms. The second-order valence-electron chi connectivity index (χ2n) is 5.43. The number of nitrogens with zero attached hydrogens (tertiary/aromatic N) is 2. The molecule has 2 atom stereocenters. The SMILES string of the molecule is Cc1ccc(C2C(CN)CCN2C2CC2)cn1. The molecular formula is C14H21N3. The van der Waals surface area contributed by atoms with Gasteiger partial charge in [0.2, 0.25) is 0 Å². The van der Waals surface area contributed by atoms with E-state index in [9.17, 15) is 0 Å². The average Bonchev–Trinajstić information content (AvgIpc) is 3.10. The fraction of sp³-hybridized carbons (Fsp3) is 0.643. The molecule has 3 nitrogen and oxygen atoms in total. The summed E-state index contributed by atoms with van der Waals surface area (Å²) in [6.45, 7) is 4.05. The maximum Gasteiger partial charge on any atom is 0.0406 e. The van der Waals surface area contributed by atoms with Crippen molar-refractivity contribution in [2.24, 2.45) is 11.7 Å². The van der Waals surface area contributed by atoms with Crippen LogP contribution in [0.1, 0.15) is 36.6 Å². The highest BCUT2D eigenvalue weighted by molar-refractivity contribution is 5.20. The van der Waals surface area contributed by atoms with Crippen LogP contribution in [0.4, 0.5) is 0 Å². The van der Waals surface area contributed by atoms with Gasteiger partial charge in [0.25, 0.3) is 0 Å². The summed E-state index contributed by atoms with van der Waals surface area (Å²) in [5.41, 5.74) is 8.38. The summed E-state index contributed by atoms with van der Waals surface area (Å²) in [6.07, 6.45) is 6.02. The third-order valence-electron chi connectivity index (χ3n) is 4.16. The minimum absolute atomic E-state index is 0.514. The Kier molecular flexibility index (Phi) is 2.89. The number of aryl methyl sites for hydroxylation is 1. The van der Waals surface area contributed by atoms with Crippen LogP contribution in [0.3, 0.4) is 0 Å². The van der Waals surface area contributed by atoms with Gasteiger partial charge in [-0.1, -0.05) is 6.07 Å². The Bertz CT molecular complexity index is 383. The van der Waals surface area contributed by atoms with E-state index in [1.54, 1.807) is 0 Å². The molecular weight excluding hydrogens is 210 g/mol. The smallest absolute Gasteiger partial charge is 0.0406 e. The van der Waals surface area contributed by atoms with Crippen molar-refractivity contribution in [2.75, 3.05) is 13.1 Å². The van der Waals surface area contributed by atoms with Gasteiger partial charge >= 0.3 is 0 Å². The Hall–Kier alpha value is -0.930. The molecule has 0 spiro atoms. The summed E-state index contributed by atoms with van der Waals surface area (Å²) < 4.78 is 0. The first kappa shape index (κ1) is 11.2. The molecule has 3 rings (SSSR count). The normalized spacial score (nSPS) is 29.8. The zero-order chi connectivity index (χ0) is 11.8. The fourth-order valence-electron chi connectivity index (χ4n) is 3.06. The lowest BCUT2D eigenvalue weighted by Crippen LogP contribution is -2.30. The first-order chi connectivity index (χ1) is 8.29. The van der Waals surface area contributed by atoms with Crippen molar-refractivity contribution < 1.29 is 0 Å². The topological polar surface area (TPSA) is 42.1 Å². The van der Waals surface area contributed by atoms with E-state index in [-0.39, 0.29) is 0 Å². The van der Waals surface area contributed by atoms with Gasteiger partial charge in [-0.15, -0.1) is 0 Å². The highest BCUT2D eigenvalue weighted by Gasteiger charge is 2.42. The summed E-state index contributed by atoms with van der Waals surface area (Å²) in [4.78, 5) is 7.10. The van der Waals surface area contributed by atoms with Crippen LogP contribution in [-0.2, 0) is 0 Å². The number of aromatic nitrogens is 1. The lowest BCUT2D eigenvalue weighted by Gasteiger charge is -2.28. The quantitative estimate of drug-likeness (QED) is 0.863. The average molecular weight is 231 g/mol. The molecule has 0 amide bonds. The zero-order valence-electron chi connectivity index (χ0n) is 10.5. The van der Waals surface area contributed by atoms with Gasteiger partial charge in [-0.05, 0) is 56.8 Å². The van der Waals surface area contributed by atoms with Gasteiger partial charge in [0.1, 0.15) is 0 Å². The Labute approximate surface area is 103 Å². The highest BCUT2D eigenvalue weighted by Crippen LogP contribution is 2.43. The molecule has 1 aliphatic carbocycles. The monoisotopic (exact) mass is 231 g/mol. The van der Waals surface area contributed by atoms with Crippen LogP contribution in [0, 0.1) is 12.8 Å². The van der Waals surface area contributed by atoms with E-state index in [0.29, 0.717) is 12.0 Å². The van der Waals surface area contributed by atoms with Crippen molar-refractivity contribution in [2.45, 2.75) is 38.3 Å². The van der Waals surface area contributed by atoms with E-state index in [1.807, 2.05) is 13.1 Å². The first-order valence-corrected chi connectivity index (χ1v) is 6.68. The molecule has 2 fully saturated rings. The second-order valence-corrected chi connectivity index (χ2v) is 5.43. The molecule has 2 N–H and O–H groups in total. The van der Waals surface area contributed by atoms with Crippen LogP contribution < -0.4 is 5.73 Å². The van der Waals surface area contributed by atoms with Crippen molar-refractivity contribution in [3.63, 3.8) is 0 Å². The predicted molar refractivity (Wildman–Crippen MR) is 68.6 cm³/mol. The standard InChI is InChI=1S/C14H21N3/c1-10-2-3-12(9-16-10)14-11(8-15)6-7-17(14)13-4-5-13/h2-3,9,11,13-14H,4-8,15H2,1H3. The van der Waals surface area contributed by atoms with Crippen LogP contribution in [0.2, 0.25) is 0 Å². The summed E-state index contributed by atoms with van der Waals surface area (Å²) in [7, 11) is 0. The molecule has 2 unspecified atom stereocenters. The Morgan fingerprint density at radius 3 is 2.76 bits per heavy atom. The van der Waals surface area contributed by atoms with E-state index >= 15 is 0 Å². The zero-order valence-corrected chi connectivity index (χ0v) is 10.5. The van der Waals surface area contributed by atoms with E-state index < -0.39 is 0 Å². The van der Waals surface area contributed by atoms with Crippen LogP contribution in [-0.4, -0.2) is 29.0 Å². The lowest BCUT2D eigenvalue weighted by molar-refractivity contribution is 0.220. The minimum atomic E-state index is 0.514. The van der Waals surface area contributed by atoms with Gasteiger partial charge in [0.15, 0.2) is 0 Å². The van der Waals surface area contributed by atoms with Gasteiger partial charge in [-0.3, -0.25) is 9.88 Å². The second kappa shape index (κ2) is 4.39. The minimum Gasteiger partial charge on any atom is -0.330 e. The van der Waals surface area contributed by atoms with Gasteiger partial charge in [0, 0.05) is 24.0 Å².